The van der Waals surface area contributed by atoms with Crippen LogP contribution in [0.3, 0.4) is 0 Å². The molecule has 27 heavy (non-hydrogen) atoms. The van der Waals surface area contributed by atoms with E-state index in [-0.39, 0.29) is 6.61 Å². The Morgan fingerprint density at radius 2 is 1.89 bits per heavy atom. The highest BCUT2D eigenvalue weighted by Gasteiger charge is 2.30. The minimum absolute atomic E-state index is 0.127. The van der Waals surface area contributed by atoms with Crippen molar-refractivity contribution in [3.63, 3.8) is 0 Å². The number of halogens is 4. The first kappa shape index (κ1) is 17.7. The van der Waals surface area contributed by atoms with Gasteiger partial charge in [-0.3, -0.25) is 0 Å². The number of nitrogens with zero attached hydrogens (tertiary/aromatic N) is 4. The lowest BCUT2D eigenvalue weighted by atomic mass is 10.1. The Bertz CT molecular complexity index is 1090. The molecule has 4 rings (SSSR count). The minimum Gasteiger partial charge on any atom is -0.388 e. The topological polar surface area (TPSA) is 52.8 Å². The summed E-state index contributed by atoms with van der Waals surface area (Å²) in [5.41, 5.74) is 1.81. The van der Waals surface area contributed by atoms with E-state index in [1.165, 1.54) is 28.3 Å². The van der Waals surface area contributed by atoms with Crippen LogP contribution in [0.4, 0.5) is 13.2 Å². The van der Waals surface area contributed by atoms with Crippen LogP contribution in [0.15, 0.2) is 47.8 Å². The van der Waals surface area contributed by atoms with Crippen molar-refractivity contribution in [1.29, 1.82) is 0 Å². The minimum atomic E-state index is -4.36. The summed E-state index contributed by atoms with van der Waals surface area (Å²) in [5, 5.41) is 10.8. The highest BCUT2D eigenvalue weighted by atomic mass is 35.5. The molecule has 5 nitrogen and oxygen atoms in total. The van der Waals surface area contributed by atoms with E-state index in [9.17, 15) is 13.2 Å². The lowest BCUT2D eigenvalue weighted by Crippen LogP contribution is -2.13. The van der Waals surface area contributed by atoms with Crippen LogP contribution < -0.4 is 4.84 Å². The molecular formula is C17H10ClF3N4OS. The van der Waals surface area contributed by atoms with Gasteiger partial charge in [0.25, 0.3) is 0 Å². The van der Waals surface area contributed by atoms with E-state index in [0.29, 0.717) is 32.3 Å². The van der Waals surface area contributed by atoms with Gasteiger partial charge in [-0.25, -0.2) is 4.98 Å². The van der Waals surface area contributed by atoms with E-state index >= 15 is 0 Å². The molecule has 0 aliphatic carbocycles. The Balaban J connectivity index is 1.49. The molecule has 4 aromatic rings. The van der Waals surface area contributed by atoms with E-state index in [4.69, 9.17) is 16.4 Å². The smallest absolute Gasteiger partial charge is 0.388 e. The molecule has 0 aliphatic heterocycles. The number of alkyl halides is 3. The van der Waals surface area contributed by atoms with Gasteiger partial charge in [0, 0.05) is 16.0 Å². The third kappa shape index (κ3) is 3.74. The maximum Gasteiger partial charge on any atom is 0.416 e. The second kappa shape index (κ2) is 6.82. The first-order valence-electron chi connectivity index (χ1n) is 7.66. The summed E-state index contributed by atoms with van der Waals surface area (Å²) >= 11 is 7.29. The largest absolute Gasteiger partial charge is 0.416 e. The SMILES string of the molecule is FC(F)(F)c1ccc(-c2nc(COn3nnc4ccc(Cl)cc43)cs2)cc1. The van der Waals surface area contributed by atoms with Crippen LogP contribution in [0.2, 0.25) is 5.02 Å². The fourth-order valence-corrected chi connectivity index (χ4v) is 3.38. The van der Waals surface area contributed by atoms with Gasteiger partial charge in [-0.15, -0.1) is 16.4 Å². The van der Waals surface area contributed by atoms with Crippen molar-refractivity contribution < 1.29 is 18.0 Å². The van der Waals surface area contributed by atoms with Gasteiger partial charge in [0.1, 0.15) is 16.0 Å². The molecule has 138 valence electrons. The quantitative estimate of drug-likeness (QED) is 0.482. The first-order chi connectivity index (χ1) is 12.9. The van der Waals surface area contributed by atoms with Crippen LogP contribution in [0.1, 0.15) is 11.3 Å². The van der Waals surface area contributed by atoms with E-state index < -0.39 is 11.7 Å². The zero-order valence-electron chi connectivity index (χ0n) is 13.4. The molecule has 0 saturated heterocycles. The zero-order valence-corrected chi connectivity index (χ0v) is 15.0. The van der Waals surface area contributed by atoms with Gasteiger partial charge in [0.2, 0.25) is 0 Å². The second-order valence-electron chi connectivity index (χ2n) is 5.59. The average Bonchev–Trinajstić information content (AvgIpc) is 3.26. The number of fused-ring (bicyclic) bond motifs is 1. The molecule has 2 heterocycles. The van der Waals surface area contributed by atoms with Crippen LogP contribution in [0, 0.1) is 0 Å². The van der Waals surface area contributed by atoms with Gasteiger partial charge < -0.3 is 4.84 Å². The molecule has 2 aromatic heterocycles. The summed E-state index contributed by atoms with van der Waals surface area (Å²) < 4.78 is 37.9. The number of benzene rings is 2. The van der Waals surface area contributed by atoms with Crippen molar-refractivity contribution >= 4 is 34.0 Å². The maximum atomic E-state index is 12.6. The molecule has 0 saturated carbocycles. The van der Waals surface area contributed by atoms with Crippen molar-refractivity contribution in [3.8, 4) is 10.6 Å². The monoisotopic (exact) mass is 410 g/mol. The maximum absolute atomic E-state index is 12.6. The molecule has 2 aromatic carbocycles. The van der Waals surface area contributed by atoms with Crippen LogP contribution in [-0.4, -0.2) is 20.1 Å². The van der Waals surface area contributed by atoms with E-state index in [0.717, 1.165) is 12.1 Å². The van der Waals surface area contributed by atoms with Crippen molar-refractivity contribution in [3.05, 3.63) is 64.1 Å². The average molecular weight is 411 g/mol. The lowest BCUT2D eigenvalue weighted by Gasteiger charge is -2.06. The Labute approximate surface area is 159 Å². The molecule has 0 fully saturated rings. The molecule has 0 bridgehead atoms. The third-order valence-electron chi connectivity index (χ3n) is 3.72. The summed E-state index contributed by atoms with van der Waals surface area (Å²) in [6, 6.07) is 10.0. The number of hydrogen-bond acceptors (Lipinski definition) is 5. The van der Waals surface area contributed by atoms with Crippen molar-refractivity contribution in [2.24, 2.45) is 0 Å². The number of thiazole rings is 1. The summed E-state index contributed by atoms with van der Waals surface area (Å²) in [6.07, 6.45) is -4.36. The molecular weight excluding hydrogens is 401 g/mol. The van der Waals surface area contributed by atoms with Gasteiger partial charge in [-0.1, -0.05) is 28.6 Å². The summed E-state index contributed by atoms with van der Waals surface area (Å²) in [4.78, 5) is 11.2. The highest BCUT2D eigenvalue weighted by molar-refractivity contribution is 7.13. The van der Waals surface area contributed by atoms with Gasteiger partial charge >= 0.3 is 6.18 Å². The Kier molecular flexibility index (Phi) is 4.48. The number of rotatable bonds is 4. The second-order valence-corrected chi connectivity index (χ2v) is 6.88. The third-order valence-corrected chi connectivity index (χ3v) is 4.90. The first-order valence-corrected chi connectivity index (χ1v) is 8.92. The fourth-order valence-electron chi connectivity index (χ4n) is 2.40. The lowest BCUT2D eigenvalue weighted by molar-refractivity contribution is -0.137. The van der Waals surface area contributed by atoms with E-state index in [1.54, 1.807) is 23.6 Å². The standard InChI is InChI=1S/C17H10ClF3N4OS/c18-12-5-6-14-15(7-12)25(24-23-14)26-8-13-9-27-16(22-13)10-1-3-11(4-2-10)17(19,20)21/h1-7,9H,8H2. The summed E-state index contributed by atoms with van der Waals surface area (Å²) in [5.74, 6) is 0. The van der Waals surface area contributed by atoms with Gasteiger partial charge in [-0.05, 0) is 35.5 Å². The predicted molar refractivity (Wildman–Crippen MR) is 95.4 cm³/mol. The molecule has 0 aliphatic rings. The Morgan fingerprint density at radius 1 is 1.11 bits per heavy atom. The molecule has 0 radical (unpaired) electrons. The normalized spacial score (nSPS) is 11.9. The molecule has 0 N–H and O–H groups in total. The predicted octanol–water partition coefficient (Wildman–Crippen LogP) is 4.86. The van der Waals surface area contributed by atoms with Gasteiger partial charge in [0.15, 0.2) is 6.61 Å². The van der Waals surface area contributed by atoms with Crippen molar-refractivity contribution in [2.75, 3.05) is 0 Å². The van der Waals surface area contributed by atoms with E-state index in [1.807, 2.05) is 0 Å². The van der Waals surface area contributed by atoms with Crippen LogP contribution >= 0.6 is 22.9 Å². The van der Waals surface area contributed by atoms with Gasteiger partial charge in [0.05, 0.1) is 11.3 Å². The molecule has 0 unspecified atom stereocenters. The van der Waals surface area contributed by atoms with Gasteiger partial charge in [-0.2, -0.15) is 13.2 Å². The molecule has 0 atom stereocenters. The van der Waals surface area contributed by atoms with Crippen molar-refractivity contribution in [2.45, 2.75) is 12.8 Å². The number of hydrogen-bond donors (Lipinski definition) is 0. The molecule has 0 spiro atoms. The highest BCUT2D eigenvalue weighted by Crippen LogP contribution is 2.31. The summed E-state index contributed by atoms with van der Waals surface area (Å²) in [7, 11) is 0. The zero-order chi connectivity index (χ0) is 19.0. The fraction of sp³-hybridized carbons (Fsp3) is 0.118. The molecule has 0 amide bonds. The van der Waals surface area contributed by atoms with Crippen molar-refractivity contribution in [1.82, 2.24) is 20.1 Å². The number of aromatic nitrogens is 4. The van der Waals surface area contributed by atoms with Crippen LogP contribution in [0.5, 0.6) is 0 Å². The Hall–Kier alpha value is -2.65. The Morgan fingerprint density at radius 3 is 2.63 bits per heavy atom. The van der Waals surface area contributed by atoms with Crippen LogP contribution in [0.25, 0.3) is 21.6 Å². The summed E-state index contributed by atoms with van der Waals surface area (Å²) in [6.45, 7) is 0.127. The van der Waals surface area contributed by atoms with Crippen LogP contribution in [-0.2, 0) is 12.8 Å². The molecule has 10 heteroatoms. The van der Waals surface area contributed by atoms with E-state index in [2.05, 4.69) is 15.3 Å².